The molecule has 0 aromatic heterocycles. The Kier molecular flexibility index (Phi) is 8.46. The highest BCUT2D eigenvalue weighted by Gasteiger charge is 2.41. The van der Waals surface area contributed by atoms with Gasteiger partial charge in [-0.15, -0.1) is 0 Å². The first-order valence-corrected chi connectivity index (χ1v) is 14.5. The lowest BCUT2D eigenvalue weighted by molar-refractivity contribution is -0.141. The van der Waals surface area contributed by atoms with Crippen molar-refractivity contribution in [3.05, 3.63) is 63.6 Å². The Balaban J connectivity index is 1.52. The lowest BCUT2D eigenvalue weighted by atomic mass is 9.95. The Labute approximate surface area is 227 Å². The van der Waals surface area contributed by atoms with Gasteiger partial charge < -0.3 is 10.2 Å². The van der Waals surface area contributed by atoms with Gasteiger partial charge in [0.1, 0.15) is 10.9 Å². The van der Waals surface area contributed by atoms with E-state index >= 15 is 0 Å². The van der Waals surface area contributed by atoms with E-state index in [1.165, 1.54) is 17.0 Å². The lowest BCUT2D eigenvalue weighted by Gasteiger charge is -2.32. The SMILES string of the molecule is C[C@H](C(=O)NC1CCCCC1)N(Cc1ccc(Cl)cc1Cl)C(=O)CCN1C(=O)c2ccccc2S1(=O)=O. The number of nitrogens with zero attached hydrogens (tertiary/aromatic N) is 2. The van der Waals surface area contributed by atoms with Crippen LogP contribution in [-0.2, 0) is 26.2 Å². The summed E-state index contributed by atoms with van der Waals surface area (Å²) < 4.78 is 26.5. The molecule has 1 saturated carbocycles. The summed E-state index contributed by atoms with van der Waals surface area (Å²) in [5.74, 6) is -1.43. The highest BCUT2D eigenvalue weighted by atomic mass is 35.5. The minimum absolute atomic E-state index is 0.0228. The van der Waals surface area contributed by atoms with Crippen LogP contribution >= 0.6 is 23.2 Å². The molecule has 3 amide bonds. The molecule has 1 N–H and O–H groups in total. The molecular weight excluding hydrogens is 537 g/mol. The molecule has 0 saturated heterocycles. The number of fused-ring (bicyclic) bond motifs is 1. The lowest BCUT2D eigenvalue weighted by Crippen LogP contribution is -2.51. The average Bonchev–Trinajstić information content (AvgIpc) is 3.07. The maximum absolute atomic E-state index is 13.5. The Morgan fingerprint density at radius 1 is 1.11 bits per heavy atom. The highest BCUT2D eigenvalue weighted by molar-refractivity contribution is 7.90. The van der Waals surface area contributed by atoms with E-state index in [4.69, 9.17) is 23.2 Å². The van der Waals surface area contributed by atoms with Crippen LogP contribution in [0.3, 0.4) is 0 Å². The molecule has 198 valence electrons. The van der Waals surface area contributed by atoms with Crippen LogP contribution in [-0.4, -0.2) is 54.0 Å². The number of nitrogens with one attached hydrogen (secondary N) is 1. The number of hydrogen-bond acceptors (Lipinski definition) is 5. The van der Waals surface area contributed by atoms with E-state index in [2.05, 4.69) is 5.32 Å². The molecule has 2 aromatic carbocycles. The van der Waals surface area contributed by atoms with Crippen LogP contribution in [0, 0.1) is 0 Å². The Hall–Kier alpha value is -2.62. The third-order valence-electron chi connectivity index (χ3n) is 6.92. The first kappa shape index (κ1) is 27.4. The maximum atomic E-state index is 13.5. The summed E-state index contributed by atoms with van der Waals surface area (Å²) in [7, 11) is -4.05. The zero-order valence-electron chi connectivity index (χ0n) is 20.5. The number of amides is 3. The average molecular weight is 567 g/mol. The number of halogens is 2. The Morgan fingerprint density at radius 3 is 2.49 bits per heavy atom. The van der Waals surface area contributed by atoms with E-state index in [1.54, 1.807) is 37.3 Å². The van der Waals surface area contributed by atoms with Crippen molar-refractivity contribution in [2.45, 2.75) is 69.0 Å². The molecule has 0 unspecified atom stereocenters. The fourth-order valence-electron chi connectivity index (χ4n) is 4.78. The monoisotopic (exact) mass is 565 g/mol. The molecular formula is C26H29Cl2N3O5S. The molecule has 11 heteroatoms. The van der Waals surface area contributed by atoms with Gasteiger partial charge in [-0.3, -0.25) is 14.4 Å². The second-order valence-corrected chi connectivity index (χ2v) is 12.1. The molecule has 1 aliphatic heterocycles. The number of sulfonamides is 1. The predicted molar refractivity (Wildman–Crippen MR) is 141 cm³/mol. The van der Waals surface area contributed by atoms with Crippen molar-refractivity contribution in [3.8, 4) is 0 Å². The van der Waals surface area contributed by atoms with Gasteiger partial charge in [0.25, 0.3) is 15.9 Å². The van der Waals surface area contributed by atoms with Gasteiger partial charge in [0.15, 0.2) is 0 Å². The van der Waals surface area contributed by atoms with Crippen LogP contribution in [0.4, 0.5) is 0 Å². The van der Waals surface area contributed by atoms with Crippen molar-refractivity contribution in [1.82, 2.24) is 14.5 Å². The Morgan fingerprint density at radius 2 is 1.81 bits per heavy atom. The largest absolute Gasteiger partial charge is 0.352 e. The summed E-state index contributed by atoms with van der Waals surface area (Å²) in [5, 5.41) is 3.83. The summed E-state index contributed by atoms with van der Waals surface area (Å²) in [5.41, 5.74) is 0.675. The molecule has 0 radical (unpaired) electrons. The number of hydrogen-bond donors (Lipinski definition) is 1. The van der Waals surface area contributed by atoms with Crippen molar-refractivity contribution in [2.75, 3.05) is 6.54 Å². The van der Waals surface area contributed by atoms with Crippen LogP contribution in [0.1, 0.15) is 61.4 Å². The molecule has 2 aromatic rings. The quantitative estimate of drug-likeness (QED) is 0.511. The zero-order valence-corrected chi connectivity index (χ0v) is 22.8. The number of rotatable bonds is 8. The van der Waals surface area contributed by atoms with Crippen LogP contribution in [0.25, 0.3) is 0 Å². The van der Waals surface area contributed by atoms with Crippen molar-refractivity contribution < 1.29 is 22.8 Å². The third kappa shape index (κ3) is 5.94. The topological polar surface area (TPSA) is 104 Å². The molecule has 2 aliphatic rings. The van der Waals surface area contributed by atoms with E-state index < -0.39 is 27.9 Å². The Bertz CT molecular complexity index is 1310. The summed E-state index contributed by atoms with van der Waals surface area (Å²) in [4.78, 5) is 40.6. The van der Waals surface area contributed by atoms with Gasteiger partial charge in [-0.2, -0.15) is 0 Å². The fraction of sp³-hybridized carbons (Fsp3) is 0.423. The molecule has 4 rings (SSSR count). The molecule has 1 fully saturated rings. The summed E-state index contributed by atoms with van der Waals surface area (Å²) in [6.07, 6.45) is 4.73. The normalized spacial score (nSPS) is 17.8. The maximum Gasteiger partial charge on any atom is 0.269 e. The second-order valence-electron chi connectivity index (χ2n) is 9.41. The van der Waals surface area contributed by atoms with Crippen LogP contribution < -0.4 is 5.32 Å². The molecule has 8 nitrogen and oxygen atoms in total. The van der Waals surface area contributed by atoms with E-state index in [9.17, 15) is 22.8 Å². The third-order valence-corrected chi connectivity index (χ3v) is 9.34. The highest BCUT2D eigenvalue weighted by Crippen LogP contribution is 2.30. The van der Waals surface area contributed by atoms with E-state index in [-0.39, 0.29) is 41.9 Å². The van der Waals surface area contributed by atoms with Gasteiger partial charge in [0, 0.05) is 35.6 Å². The first-order chi connectivity index (χ1) is 17.6. The smallest absolute Gasteiger partial charge is 0.269 e. The second kappa shape index (κ2) is 11.4. The first-order valence-electron chi connectivity index (χ1n) is 12.3. The summed E-state index contributed by atoms with van der Waals surface area (Å²) in [6, 6.07) is 10.1. The van der Waals surface area contributed by atoms with Crippen molar-refractivity contribution in [1.29, 1.82) is 0 Å². The van der Waals surface area contributed by atoms with Gasteiger partial charge in [-0.25, -0.2) is 12.7 Å². The number of carbonyl (C=O) groups is 3. The van der Waals surface area contributed by atoms with Gasteiger partial charge in [0.05, 0.1) is 5.56 Å². The van der Waals surface area contributed by atoms with E-state index in [1.807, 2.05) is 0 Å². The van der Waals surface area contributed by atoms with Crippen molar-refractivity contribution in [3.63, 3.8) is 0 Å². The molecule has 37 heavy (non-hydrogen) atoms. The minimum Gasteiger partial charge on any atom is -0.352 e. The van der Waals surface area contributed by atoms with Gasteiger partial charge in [-0.05, 0) is 49.6 Å². The zero-order chi connectivity index (χ0) is 26.7. The van der Waals surface area contributed by atoms with E-state index in [0.717, 1.165) is 36.4 Å². The fourth-order valence-corrected chi connectivity index (χ4v) is 6.82. The van der Waals surface area contributed by atoms with Crippen molar-refractivity contribution >= 4 is 50.9 Å². The summed E-state index contributed by atoms with van der Waals surface area (Å²) in [6.45, 7) is 1.32. The molecule has 0 spiro atoms. The number of carbonyl (C=O) groups excluding carboxylic acids is 3. The van der Waals surface area contributed by atoms with E-state index in [0.29, 0.717) is 15.6 Å². The molecule has 1 aliphatic carbocycles. The molecule has 0 bridgehead atoms. The van der Waals surface area contributed by atoms with Gasteiger partial charge in [-0.1, -0.05) is 60.7 Å². The van der Waals surface area contributed by atoms with Crippen molar-refractivity contribution in [2.24, 2.45) is 0 Å². The molecule has 1 atom stereocenters. The molecule has 1 heterocycles. The van der Waals surface area contributed by atoms with Crippen LogP contribution in [0.2, 0.25) is 10.0 Å². The van der Waals surface area contributed by atoms with Crippen LogP contribution in [0.15, 0.2) is 47.4 Å². The predicted octanol–water partition coefficient (Wildman–Crippen LogP) is 4.39. The van der Waals surface area contributed by atoms with Gasteiger partial charge >= 0.3 is 0 Å². The summed E-state index contributed by atoms with van der Waals surface area (Å²) >= 11 is 12.4. The van der Waals surface area contributed by atoms with Gasteiger partial charge in [0.2, 0.25) is 11.8 Å². The number of benzene rings is 2. The van der Waals surface area contributed by atoms with Crippen LogP contribution in [0.5, 0.6) is 0 Å². The standard InChI is InChI=1S/C26H29Cl2N3O5S/c1-17(25(33)29-20-7-3-2-4-8-20)30(16-18-11-12-19(27)15-22(18)28)24(32)13-14-31-26(34)21-9-5-6-10-23(21)37(31,35)36/h5-6,9-12,15,17,20H,2-4,7-8,13-14,16H2,1H3,(H,29,33)/t17-/m1/s1. The minimum atomic E-state index is -4.05.